The molecule has 3 rings (SSSR count). The number of fused-ring (bicyclic) bond motifs is 1. The zero-order valence-corrected chi connectivity index (χ0v) is 11.6. The topological polar surface area (TPSA) is 27.0 Å². The summed E-state index contributed by atoms with van der Waals surface area (Å²) in [5.41, 5.74) is 3.63. The molecule has 0 bridgehead atoms. The van der Waals surface area contributed by atoms with Gasteiger partial charge in [-0.2, -0.15) is 5.26 Å². The van der Waals surface area contributed by atoms with E-state index in [-0.39, 0.29) is 5.82 Å². The molecule has 0 radical (unpaired) electrons. The number of hydrogen-bond donors (Lipinski definition) is 0. The van der Waals surface area contributed by atoms with Gasteiger partial charge < -0.3 is 4.90 Å². The van der Waals surface area contributed by atoms with E-state index in [1.807, 2.05) is 12.1 Å². The molecule has 0 saturated carbocycles. The molecule has 0 amide bonds. The van der Waals surface area contributed by atoms with Crippen molar-refractivity contribution in [2.45, 2.75) is 6.42 Å². The first-order valence-corrected chi connectivity index (χ1v) is 6.74. The number of nitriles is 1. The van der Waals surface area contributed by atoms with Gasteiger partial charge in [0.25, 0.3) is 0 Å². The molecule has 19 heavy (non-hydrogen) atoms. The molecule has 4 heteroatoms. The summed E-state index contributed by atoms with van der Waals surface area (Å²) in [5.74, 6) is -0.226. The molecule has 0 fully saturated rings. The average Bonchev–Trinajstić information content (AvgIpc) is 2.81. The summed E-state index contributed by atoms with van der Waals surface area (Å²) in [6, 6.07) is 12.5. The SMILES string of the molecule is N#Cc1ccc(N2CCc3ccc(F)cc32)c(Br)c1. The van der Waals surface area contributed by atoms with Crippen LogP contribution in [0.2, 0.25) is 0 Å². The van der Waals surface area contributed by atoms with E-state index in [0.717, 1.165) is 34.4 Å². The van der Waals surface area contributed by atoms with Crippen molar-refractivity contribution >= 4 is 27.3 Å². The smallest absolute Gasteiger partial charge is 0.125 e. The minimum absolute atomic E-state index is 0.226. The van der Waals surface area contributed by atoms with Crippen LogP contribution >= 0.6 is 15.9 Å². The van der Waals surface area contributed by atoms with Gasteiger partial charge in [0.2, 0.25) is 0 Å². The summed E-state index contributed by atoms with van der Waals surface area (Å²) >= 11 is 3.48. The van der Waals surface area contributed by atoms with Crippen LogP contribution in [0.4, 0.5) is 15.8 Å². The monoisotopic (exact) mass is 316 g/mol. The molecule has 2 nitrogen and oxygen atoms in total. The van der Waals surface area contributed by atoms with Crippen molar-refractivity contribution in [1.82, 2.24) is 0 Å². The molecule has 2 aromatic rings. The Morgan fingerprint density at radius 1 is 1.16 bits per heavy atom. The van der Waals surface area contributed by atoms with Crippen molar-refractivity contribution in [3.8, 4) is 6.07 Å². The van der Waals surface area contributed by atoms with Gasteiger partial charge in [-0.3, -0.25) is 0 Å². The molecule has 0 atom stereocenters. The van der Waals surface area contributed by atoms with Crippen molar-refractivity contribution in [2.24, 2.45) is 0 Å². The average molecular weight is 317 g/mol. The van der Waals surface area contributed by atoms with Crippen LogP contribution in [0.15, 0.2) is 40.9 Å². The van der Waals surface area contributed by atoms with E-state index in [4.69, 9.17) is 5.26 Å². The van der Waals surface area contributed by atoms with E-state index >= 15 is 0 Å². The predicted molar refractivity (Wildman–Crippen MR) is 76.0 cm³/mol. The number of benzene rings is 2. The molecular formula is C15H10BrFN2. The summed E-state index contributed by atoms with van der Waals surface area (Å²) in [4.78, 5) is 2.07. The largest absolute Gasteiger partial charge is 0.340 e. The first kappa shape index (κ1) is 12.2. The van der Waals surface area contributed by atoms with E-state index < -0.39 is 0 Å². The van der Waals surface area contributed by atoms with Gasteiger partial charge in [-0.25, -0.2) is 4.39 Å². The maximum atomic E-state index is 13.4. The summed E-state index contributed by atoms with van der Waals surface area (Å²) < 4.78 is 14.2. The van der Waals surface area contributed by atoms with Crippen molar-refractivity contribution in [3.63, 3.8) is 0 Å². The number of anilines is 2. The lowest BCUT2D eigenvalue weighted by Crippen LogP contribution is -2.13. The highest BCUT2D eigenvalue weighted by molar-refractivity contribution is 9.10. The Labute approximate surface area is 119 Å². The molecule has 1 heterocycles. The summed E-state index contributed by atoms with van der Waals surface area (Å²) in [7, 11) is 0. The maximum Gasteiger partial charge on any atom is 0.125 e. The predicted octanol–water partition coefficient (Wildman–Crippen LogP) is 4.15. The molecule has 2 aromatic carbocycles. The minimum Gasteiger partial charge on any atom is -0.340 e. The lowest BCUT2D eigenvalue weighted by molar-refractivity contribution is 0.628. The van der Waals surface area contributed by atoms with Crippen molar-refractivity contribution in [3.05, 3.63) is 57.8 Å². The normalized spacial score (nSPS) is 13.2. The zero-order valence-electron chi connectivity index (χ0n) is 10.0. The Kier molecular flexibility index (Phi) is 3.00. The third-order valence-corrected chi connectivity index (χ3v) is 3.95. The molecule has 1 aliphatic heterocycles. The van der Waals surface area contributed by atoms with Crippen LogP contribution in [0.3, 0.4) is 0 Å². The van der Waals surface area contributed by atoms with Gasteiger partial charge in [-0.15, -0.1) is 0 Å². The molecule has 94 valence electrons. The molecule has 1 aliphatic rings. The fourth-order valence-electron chi connectivity index (χ4n) is 2.40. The van der Waals surface area contributed by atoms with Crippen LogP contribution in [0, 0.1) is 17.1 Å². The van der Waals surface area contributed by atoms with Crippen LogP contribution < -0.4 is 4.90 Å². The number of nitrogens with zero attached hydrogens (tertiary/aromatic N) is 2. The number of rotatable bonds is 1. The summed E-state index contributed by atoms with van der Waals surface area (Å²) in [6.07, 6.45) is 0.905. The third-order valence-electron chi connectivity index (χ3n) is 3.31. The third kappa shape index (κ3) is 2.11. The lowest BCUT2D eigenvalue weighted by Gasteiger charge is -2.21. The van der Waals surface area contributed by atoms with Gasteiger partial charge in [0.15, 0.2) is 0 Å². The minimum atomic E-state index is -0.226. The van der Waals surface area contributed by atoms with E-state index in [2.05, 4.69) is 26.9 Å². The Balaban J connectivity index is 2.07. The lowest BCUT2D eigenvalue weighted by atomic mass is 10.1. The van der Waals surface area contributed by atoms with Crippen LogP contribution in [-0.2, 0) is 6.42 Å². The fraction of sp³-hybridized carbons (Fsp3) is 0.133. The number of halogens is 2. The van der Waals surface area contributed by atoms with Crippen LogP contribution in [0.25, 0.3) is 0 Å². The Morgan fingerprint density at radius 3 is 2.74 bits per heavy atom. The molecule has 0 unspecified atom stereocenters. The van der Waals surface area contributed by atoms with Crippen LogP contribution in [-0.4, -0.2) is 6.54 Å². The zero-order chi connectivity index (χ0) is 13.4. The second-order valence-corrected chi connectivity index (χ2v) is 5.31. The van der Waals surface area contributed by atoms with Gasteiger partial charge in [0, 0.05) is 16.7 Å². The molecule has 0 spiro atoms. The molecule has 0 aromatic heterocycles. The quantitative estimate of drug-likeness (QED) is 0.790. The Morgan fingerprint density at radius 2 is 2.00 bits per heavy atom. The number of hydrogen-bond acceptors (Lipinski definition) is 2. The standard InChI is InChI=1S/C15H10BrFN2/c16-13-7-10(9-18)1-4-14(13)19-6-5-11-2-3-12(17)8-15(11)19/h1-4,7-8H,5-6H2. The van der Waals surface area contributed by atoms with Gasteiger partial charge in [-0.05, 0) is 58.2 Å². The highest BCUT2D eigenvalue weighted by Crippen LogP contribution is 2.38. The van der Waals surface area contributed by atoms with Crippen molar-refractivity contribution in [1.29, 1.82) is 5.26 Å². The first-order chi connectivity index (χ1) is 9.19. The van der Waals surface area contributed by atoms with E-state index in [9.17, 15) is 4.39 Å². The molecular weight excluding hydrogens is 307 g/mol. The van der Waals surface area contributed by atoms with E-state index in [1.165, 1.54) is 6.07 Å². The highest BCUT2D eigenvalue weighted by atomic mass is 79.9. The molecule has 0 N–H and O–H groups in total. The molecule has 0 saturated heterocycles. The van der Waals surface area contributed by atoms with Gasteiger partial charge >= 0.3 is 0 Å². The second kappa shape index (κ2) is 4.67. The Hall–Kier alpha value is -1.86. The highest BCUT2D eigenvalue weighted by Gasteiger charge is 2.22. The van der Waals surface area contributed by atoms with Gasteiger partial charge in [0.05, 0.1) is 17.3 Å². The second-order valence-electron chi connectivity index (χ2n) is 4.45. The van der Waals surface area contributed by atoms with Crippen LogP contribution in [0.5, 0.6) is 0 Å². The van der Waals surface area contributed by atoms with Gasteiger partial charge in [0.1, 0.15) is 5.82 Å². The van der Waals surface area contributed by atoms with Crippen molar-refractivity contribution < 1.29 is 4.39 Å². The van der Waals surface area contributed by atoms with E-state index in [0.29, 0.717) is 5.56 Å². The van der Waals surface area contributed by atoms with E-state index in [1.54, 1.807) is 18.2 Å². The Bertz CT molecular complexity index is 691. The fourth-order valence-corrected chi connectivity index (χ4v) is 2.99. The van der Waals surface area contributed by atoms with Gasteiger partial charge in [-0.1, -0.05) is 6.07 Å². The summed E-state index contributed by atoms with van der Waals surface area (Å²) in [6.45, 7) is 0.823. The van der Waals surface area contributed by atoms with Crippen LogP contribution in [0.1, 0.15) is 11.1 Å². The van der Waals surface area contributed by atoms with Crippen molar-refractivity contribution in [2.75, 3.05) is 11.4 Å². The molecule has 0 aliphatic carbocycles. The first-order valence-electron chi connectivity index (χ1n) is 5.94. The maximum absolute atomic E-state index is 13.4. The summed E-state index contributed by atoms with van der Waals surface area (Å²) in [5, 5.41) is 8.88.